The van der Waals surface area contributed by atoms with Gasteiger partial charge in [-0.2, -0.15) is 0 Å². The number of hydrogen-bond acceptors (Lipinski definition) is 3. The highest BCUT2D eigenvalue weighted by molar-refractivity contribution is 5.70. The van der Waals surface area contributed by atoms with Crippen molar-refractivity contribution in [2.75, 3.05) is 13.2 Å². The fourth-order valence-corrected chi connectivity index (χ4v) is 2.37. The van der Waals surface area contributed by atoms with Crippen molar-refractivity contribution in [1.29, 1.82) is 0 Å². The summed E-state index contributed by atoms with van der Waals surface area (Å²) in [6, 6.07) is 7.83. The van der Waals surface area contributed by atoms with E-state index in [4.69, 9.17) is 14.6 Å². The van der Waals surface area contributed by atoms with Crippen LogP contribution in [-0.2, 0) is 14.9 Å². The Morgan fingerprint density at radius 2 is 2.00 bits per heavy atom. The number of hydrogen-bond donors (Lipinski definition) is 1. The highest BCUT2D eigenvalue weighted by Crippen LogP contribution is 2.51. The molecule has 0 amide bonds. The standard InChI is InChI=1S/C14H16O4/c15-13(16)7-14(5-6-14)10-1-3-11(4-2-10)18-12-8-17-9-12/h1-4,12H,5-9H2,(H,15,16). The Balaban J connectivity index is 1.68. The molecule has 3 rings (SSSR count). The minimum absolute atomic E-state index is 0.121. The lowest BCUT2D eigenvalue weighted by molar-refractivity contribution is -0.137. The van der Waals surface area contributed by atoms with Crippen molar-refractivity contribution in [1.82, 2.24) is 0 Å². The molecule has 1 aromatic carbocycles. The molecule has 0 atom stereocenters. The molecule has 1 saturated carbocycles. The van der Waals surface area contributed by atoms with Crippen LogP contribution in [0.1, 0.15) is 24.8 Å². The SMILES string of the molecule is O=C(O)CC1(c2ccc(OC3COC3)cc2)CC1. The smallest absolute Gasteiger partial charge is 0.304 e. The van der Waals surface area contributed by atoms with E-state index in [1.165, 1.54) is 0 Å². The normalized spacial score (nSPS) is 21.1. The summed E-state index contributed by atoms with van der Waals surface area (Å²) in [4.78, 5) is 10.8. The Hall–Kier alpha value is -1.55. The van der Waals surface area contributed by atoms with Crippen LogP contribution in [0.25, 0.3) is 0 Å². The summed E-state index contributed by atoms with van der Waals surface area (Å²) in [5, 5.41) is 8.92. The quantitative estimate of drug-likeness (QED) is 0.865. The zero-order valence-corrected chi connectivity index (χ0v) is 10.1. The maximum atomic E-state index is 10.8. The molecule has 0 aromatic heterocycles. The number of aliphatic carboxylic acids is 1. The summed E-state index contributed by atoms with van der Waals surface area (Å²) in [7, 11) is 0. The van der Waals surface area contributed by atoms with Gasteiger partial charge in [-0.15, -0.1) is 0 Å². The molecule has 0 unspecified atom stereocenters. The van der Waals surface area contributed by atoms with Crippen molar-refractivity contribution in [2.24, 2.45) is 0 Å². The van der Waals surface area contributed by atoms with E-state index in [-0.39, 0.29) is 17.9 Å². The van der Waals surface area contributed by atoms with Crippen LogP contribution in [0.4, 0.5) is 0 Å². The van der Waals surface area contributed by atoms with Gasteiger partial charge in [0.2, 0.25) is 0 Å². The number of benzene rings is 1. The first-order valence-corrected chi connectivity index (χ1v) is 6.25. The van der Waals surface area contributed by atoms with Gasteiger partial charge in [-0.1, -0.05) is 12.1 Å². The first-order chi connectivity index (χ1) is 8.68. The molecule has 2 fully saturated rings. The highest BCUT2D eigenvalue weighted by Gasteiger charge is 2.45. The number of carboxylic acid groups (broad SMARTS) is 1. The molecule has 18 heavy (non-hydrogen) atoms. The largest absolute Gasteiger partial charge is 0.486 e. The van der Waals surface area contributed by atoms with E-state index < -0.39 is 5.97 Å². The fourth-order valence-electron chi connectivity index (χ4n) is 2.37. The van der Waals surface area contributed by atoms with Gasteiger partial charge in [0.1, 0.15) is 11.9 Å². The van der Waals surface area contributed by atoms with Crippen molar-refractivity contribution in [3.8, 4) is 5.75 Å². The van der Waals surface area contributed by atoms with E-state index in [0.29, 0.717) is 13.2 Å². The van der Waals surface area contributed by atoms with Crippen LogP contribution in [0.3, 0.4) is 0 Å². The average Bonchev–Trinajstić information content (AvgIpc) is 3.04. The van der Waals surface area contributed by atoms with Gasteiger partial charge in [0.15, 0.2) is 0 Å². The summed E-state index contributed by atoms with van der Waals surface area (Å²) >= 11 is 0. The molecule has 4 nitrogen and oxygen atoms in total. The molecule has 1 aromatic rings. The van der Waals surface area contributed by atoms with Crippen molar-refractivity contribution < 1.29 is 19.4 Å². The second kappa shape index (κ2) is 4.28. The second-order valence-corrected chi connectivity index (χ2v) is 5.15. The Kier molecular flexibility index (Phi) is 2.74. The third kappa shape index (κ3) is 2.20. The minimum Gasteiger partial charge on any atom is -0.486 e. The van der Waals surface area contributed by atoms with Crippen LogP contribution in [0, 0.1) is 0 Å². The predicted molar refractivity (Wildman–Crippen MR) is 64.8 cm³/mol. The molecule has 1 aliphatic heterocycles. The zero-order chi connectivity index (χ0) is 12.6. The Bertz CT molecular complexity index is 443. The molecule has 4 heteroatoms. The summed E-state index contributed by atoms with van der Waals surface area (Å²) in [6.45, 7) is 1.31. The third-order valence-corrected chi connectivity index (χ3v) is 3.72. The average molecular weight is 248 g/mol. The van der Waals surface area contributed by atoms with E-state index in [2.05, 4.69) is 0 Å². The lowest BCUT2D eigenvalue weighted by atomic mass is 9.92. The van der Waals surface area contributed by atoms with Gasteiger partial charge < -0.3 is 14.6 Å². The number of ether oxygens (including phenoxy) is 2. The molecule has 0 spiro atoms. The summed E-state index contributed by atoms with van der Waals surface area (Å²) in [5.74, 6) is 0.109. The summed E-state index contributed by atoms with van der Waals surface area (Å²) in [6.07, 6.45) is 2.33. The molecule has 1 aliphatic carbocycles. The van der Waals surface area contributed by atoms with E-state index in [1.54, 1.807) is 0 Å². The molecule has 2 aliphatic rings. The third-order valence-electron chi connectivity index (χ3n) is 3.72. The van der Waals surface area contributed by atoms with Crippen LogP contribution in [0.5, 0.6) is 5.75 Å². The molecule has 0 bridgehead atoms. The fraction of sp³-hybridized carbons (Fsp3) is 0.500. The van der Waals surface area contributed by atoms with Crippen molar-refractivity contribution >= 4 is 5.97 Å². The van der Waals surface area contributed by atoms with Gasteiger partial charge >= 0.3 is 5.97 Å². The highest BCUT2D eigenvalue weighted by atomic mass is 16.6. The van der Waals surface area contributed by atoms with E-state index in [1.807, 2.05) is 24.3 Å². The molecule has 96 valence electrons. The van der Waals surface area contributed by atoms with E-state index in [9.17, 15) is 4.79 Å². The molecule has 0 radical (unpaired) electrons. The maximum Gasteiger partial charge on any atom is 0.304 e. The zero-order valence-electron chi connectivity index (χ0n) is 10.1. The van der Waals surface area contributed by atoms with Crippen LogP contribution < -0.4 is 4.74 Å². The van der Waals surface area contributed by atoms with Gasteiger partial charge in [0.05, 0.1) is 19.6 Å². The summed E-state index contributed by atoms with van der Waals surface area (Å²) < 4.78 is 10.7. The second-order valence-electron chi connectivity index (χ2n) is 5.15. The van der Waals surface area contributed by atoms with Crippen LogP contribution >= 0.6 is 0 Å². The van der Waals surface area contributed by atoms with Crippen LogP contribution in [0.15, 0.2) is 24.3 Å². The van der Waals surface area contributed by atoms with Crippen LogP contribution in [-0.4, -0.2) is 30.4 Å². The first-order valence-electron chi connectivity index (χ1n) is 6.25. The first kappa shape index (κ1) is 11.5. The van der Waals surface area contributed by atoms with Gasteiger partial charge in [-0.05, 0) is 30.5 Å². The van der Waals surface area contributed by atoms with Crippen molar-refractivity contribution in [2.45, 2.75) is 30.8 Å². The number of carboxylic acids is 1. The monoisotopic (exact) mass is 248 g/mol. The number of carbonyl (C=O) groups is 1. The van der Waals surface area contributed by atoms with Gasteiger partial charge in [0.25, 0.3) is 0 Å². The molecule has 1 heterocycles. The van der Waals surface area contributed by atoms with E-state index in [0.717, 1.165) is 24.2 Å². The Labute approximate surface area is 106 Å². The van der Waals surface area contributed by atoms with Gasteiger partial charge in [-0.25, -0.2) is 0 Å². The minimum atomic E-state index is -0.723. The Morgan fingerprint density at radius 3 is 2.44 bits per heavy atom. The topological polar surface area (TPSA) is 55.8 Å². The maximum absolute atomic E-state index is 10.8. The van der Waals surface area contributed by atoms with Gasteiger partial charge in [0, 0.05) is 5.41 Å². The summed E-state index contributed by atoms with van der Waals surface area (Å²) in [5.41, 5.74) is 0.992. The number of rotatable bonds is 5. The molecular weight excluding hydrogens is 232 g/mol. The predicted octanol–water partition coefficient (Wildman–Crippen LogP) is 1.97. The lowest BCUT2D eigenvalue weighted by Crippen LogP contribution is -2.38. The molecule has 1 saturated heterocycles. The van der Waals surface area contributed by atoms with E-state index >= 15 is 0 Å². The van der Waals surface area contributed by atoms with Crippen molar-refractivity contribution in [3.63, 3.8) is 0 Å². The van der Waals surface area contributed by atoms with Gasteiger partial charge in [-0.3, -0.25) is 4.79 Å². The molecule has 1 N–H and O–H groups in total. The molecular formula is C14H16O4. The van der Waals surface area contributed by atoms with Crippen molar-refractivity contribution in [3.05, 3.63) is 29.8 Å². The van der Waals surface area contributed by atoms with Crippen LogP contribution in [0.2, 0.25) is 0 Å². The Morgan fingerprint density at radius 1 is 1.33 bits per heavy atom. The lowest BCUT2D eigenvalue weighted by Gasteiger charge is -2.26.